The van der Waals surface area contributed by atoms with Crippen molar-refractivity contribution in [3.63, 3.8) is 0 Å². The van der Waals surface area contributed by atoms with E-state index in [1.165, 1.54) is 0 Å². The second-order valence-electron chi connectivity index (χ2n) is 3.54. The summed E-state index contributed by atoms with van der Waals surface area (Å²) in [5.41, 5.74) is 0.909. The van der Waals surface area contributed by atoms with Crippen LogP contribution >= 0.6 is 0 Å². The lowest BCUT2D eigenvalue weighted by Gasteiger charge is -2.10. The average molecular weight is 239 g/mol. The molecule has 17 heavy (non-hydrogen) atoms. The zero-order chi connectivity index (χ0) is 12.5. The van der Waals surface area contributed by atoms with Crippen LogP contribution in [0.1, 0.15) is 12.0 Å². The van der Waals surface area contributed by atoms with E-state index in [4.69, 9.17) is 14.9 Å². The molecule has 0 saturated heterocycles. The molecule has 3 N–H and O–H groups in total. The molecule has 0 aromatic heterocycles. The minimum atomic E-state index is -0.993. The van der Waals surface area contributed by atoms with Crippen LogP contribution in [0.3, 0.4) is 0 Å². The lowest BCUT2D eigenvalue weighted by atomic mass is 10.2. The van der Waals surface area contributed by atoms with E-state index in [1.54, 1.807) is 12.1 Å². The molecule has 0 unspecified atom stereocenters. The topological polar surface area (TPSA) is 78.8 Å². The van der Waals surface area contributed by atoms with Crippen molar-refractivity contribution < 1.29 is 19.7 Å². The van der Waals surface area contributed by atoms with Crippen LogP contribution in [0.25, 0.3) is 0 Å². The van der Waals surface area contributed by atoms with Crippen LogP contribution in [0, 0.1) is 0 Å². The number of aliphatic carboxylic acids is 1. The number of benzene rings is 1. The molecule has 0 heterocycles. The third-order valence-corrected chi connectivity index (χ3v) is 2.15. The van der Waals surface area contributed by atoms with Crippen molar-refractivity contribution in [1.29, 1.82) is 0 Å². The summed E-state index contributed by atoms with van der Waals surface area (Å²) in [7, 11) is 0. The third kappa shape index (κ3) is 5.33. The van der Waals surface area contributed by atoms with Crippen molar-refractivity contribution in [1.82, 2.24) is 5.32 Å². The number of ether oxygens (including phenoxy) is 1. The molecule has 0 aliphatic carbocycles. The van der Waals surface area contributed by atoms with Gasteiger partial charge in [-0.2, -0.15) is 0 Å². The Morgan fingerprint density at radius 3 is 2.82 bits per heavy atom. The Labute approximate surface area is 100 Å². The fourth-order valence-electron chi connectivity index (χ4n) is 1.36. The Balaban J connectivity index is 2.48. The van der Waals surface area contributed by atoms with Crippen molar-refractivity contribution in [2.24, 2.45) is 0 Å². The van der Waals surface area contributed by atoms with Crippen molar-refractivity contribution in [3.8, 4) is 5.75 Å². The fourth-order valence-corrected chi connectivity index (χ4v) is 1.36. The van der Waals surface area contributed by atoms with Gasteiger partial charge in [0.05, 0.1) is 0 Å². The maximum Gasteiger partial charge on any atom is 0.341 e. The van der Waals surface area contributed by atoms with Crippen LogP contribution < -0.4 is 10.1 Å². The number of carboxylic acids is 1. The monoisotopic (exact) mass is 239 g/mol. The maximum atomic E-state index is 10.4. The van der Waals surface area contributed by atoms with E-state index >= 15 is 0 Å². The summed E-state index contributed by atoms with van der Waals surface area (Å²) in [5.74, 6) is -0.417. The molecule has 0 fully saturated rings. The molecule has 0 aliphatic heterocycles. The smallest absolute Gasteiger partial charge is 0.341 e. The number of para-hydroxylation sites is 1. The zero-order valence-corrected chi connectivity index (χ0v) is 9.56. The van der Waals surface area contributed by atoms with E-state index < -0.39 is 5.97 Å². The molecule has 0 spiro atoms. The third-order valence-electron chi connectivity index (χ3n) is 2.15. The van der Waals surface area contributed by atoms with E-state index in [0.717, 1.165) is 5.56 Å². The molecule has 5 nitrogen and oxygen atoms in total. The molecule has 0 saturated carbocycles. The fraction of sp³-hybridized carbons (Fsp3) is 0.417. The quantitative estimate of drug-likeness (QED) is 0.580. The predicted molar refractivity (Wildman–Crippen MR) is 63.0 cm³/mol. The van der Waals surface area contributed by atoms with Crippen LogP contribution in [0.15, 0.2) is 24.3 Å². The maximum absolute atomic E-state index is 10.4. The van der Waals surface area contributed by atoms with E-state index in [1.807, 2.05) is 12.1 Å². The molecule has 0 atom stereocenters. The lowest BCUT2D eigenvalue weighted by molar-refractivity contribution is -0.139. The minimum Gasteiger partial charge on any atom is -0.482 e. The second kappa shape index (κ2) is 7.65. The summed E-state index contributed by atoms with van der Waals surface area (Å²) in [4.78, 5) is 10.4. The van der Waals surface area contributed by atoms with E-state index in [0.29, 0.717) is 25.3 Å². The van der Waals surface area contributed by atoms with E-state index in [-0.39, 0.29) is 13.2 Å². The van der Waals surface area contributed by atoms with Crippen molar-refractivity contribution in [3.05, 3.63) is 29.8 Å². The van der Waals surface area contributed by atoms with Gasteiger partial charge in [-0.15, -0.1) is 0 Å². The summed E-state index contributed by atoms with van der Waals surface area (Å²) in [6, 6.07) is 7.29. The molecule has 0 aliphatic rings. The number of carboxylic acid groups (broad SMARTS) is 1. The zero-order valence-electron chi connectivity index (χ0n) is 9.56. The Morgan fingerprint density at radius 2 is 2.12 bits per heavy atom. The number of carbonyl (C=O) groups is 1. The second-order valence-corrected chi connectivity index (χ2v) is 3.54. The summed E-state index contributed by atoms with van der Waals surface area (Å²) < 4.78 is 5.17. The van der Waals surface area contributed by atoms with Gasteiger partial charge >= 0.3 is 5.97 Å². The highest BCUT2D eigenvalue weighted by Gasteiger charge is 2.04. The van der Waals surface area contributed by atoms with Gasteiger partial charge in [0.15, 0.2) is 6.61 Å². The van der Waals surface area contributed by atoms with Gasteiger partial charge in [-0.05, 0) is 19.0 Å². The van der Waals surface area contributed by atoms with E-state index in [2.05, 4.69) is 5.32 Å². The number of hydrogen-bond donors (Lipinski definition) is 3. The number of aliphatic hydroxyl groups is 1. The number of rotatable bonds is 8. The number of hydrogen-bond acceptors (Lipinski definition) is 4. The first-order valence-electron chi connectivity index (χ1n) is 5.48. The lowest BCUT2D eigenvalue weighted by Crippen LogP contribution is -2.17. The van der Waals surface area contributed by atoms with Crippen molar-refractivity contribution in [2.75, 3.05) is 19.8 Å². The molecular weight excluding hydrogens is 222 g/mol. The predicted octanol–water partition coefficient (Wildman–Crippen LogP) is 0.622. The molecular formula is C12H17NO4. The highest BCUT2D eigenvalue weighted by molar-refractivity contribution is 5.68. The van der Waals surface area contributed by atoms with Crippen molar-refractivity contribution in [2.45, 2.75) is 13.0 Å². The Bertz CT molecular complexity index is 354. The van der Waals surface area contributed by atoms with Gasteiger partial charge in [0.25, 0.3) is 0 Å². The van der Waals surface area contributed by atoms with Gasteiger partial charge in [-0.25, -0.2) is 4.79 Å². The molecule has 0 radical (unpaired) electrons. The number of aliphatic hydroxyl groups excluding tert-OH is 1. The van der Waals surface area contributed by atoms with Gasteiger partial charge in [-0.1, -0.05) is 18.2 Å². The highest BCUT2D eigenvalue weighted by Crippen LogP contribution is 2.17. The van der Waals surface area contributed by atoms with Gasteiger partial charge in [0.1, 0.15) is 5.75 Å². The van der Waals surface area contributed by atoms with Gasteiger partial charge in [0.2, 0.25) is 0 Å². The summed E-state index contributed by atoms with van der Waals surface area (Å²) in [5, 5.41) is 20.3. The largest absolute Gasteiger partial charge is 0.482 e. The summed E-state index contributed by atoms with van der Waals surface area (Å²) in [6.45, 7) is 1.12. The first-order valence-corrected chi connectivity index (χ1v) is 5.48. The Kier molecular flexibility index (Phi) is 6.06. The van der Waals surface area contributed by atoms with Crippen LogP contribution in [0.4, 0.5) is 0 Å². The first-order chi connectivity index (χ1) is 8.24. The molecule has 1 rings (SSSR count). The van der Waals surface area contributed by atoms with Crippen LogP contribution in [-0.2, 0) is 11.3 Å². The number of nitrogens with one attached hydrogen (secondary N) is 1. The molecule has 0 bridgehead atoms. The van der Waals surface area contributed by atoms with Crippen molar-refractivity contribution >= 4 is 5.97 Å². The van der Waals surface area contributed by atoms with Gasteiger partial charge in [0, 0.05) is 18.7 Å². The Hall–Kier alpha value is -1.59. The molecule has 5 heteroatoms. The van der Waals surface area contributed by atoms with Crippen LogP contribution in [0.2, 0.25) is 0 Å². The standard InChI is InChI=1S/C12H17NO4/c14-7-3-6-13-8-10-4-1-2-5-11(10)17-9-12(15)16/h1-2,4-5,13-14H,3,6-9H2,(H,15,16). The highest BCUT2D eigenvalue weighted by atomic mass is 16.5. The Morgan fingerprint density at radius 1 is 1.35 bits per heavy atom. The van der Waals surface area contributed by atoms with Crippen LogP contribution in [-0.4, -0.2) is 35.9 Å². The normalized spacial score (nSPS) is 10.2. The molecule has 1 aromatic carbocycles. The summed E-state index contributed by atoms with van der Waals surface area (Å²) >= 11 is 0. The van der Waals surface area contributed by atoms with Gasteiger partial charge < -0.3 is 20.3 Å². The molecule has 94 valence electrons. The first kappa shape index (κ1) is 13.5. The van der Waals surface area contributed by atoms with E-state index in [9.17, 15) is 4.79 Å². The summed E-state index contributed by atoms with van der Waals surface area (Å²) in [6.07, 6.45) is 0.693. The van der Waals surface area contributed by atoms with Crippen LogP contribution in [0.5, 0.6) is 5.75 Å². The van der Waals surface area contributed by atoms with Gasteiger partial charge in [-0.3, -0.25) is 0 Å². The SMILES string of the molecule is O=C(O)COc1ccccc1CNCCCO. The molecule has 1 aromatic rings. The molecule has 0 amide bonds. The minimum absolute atomic E-state index is 0.157. The average Bonchev–Trinajstić information content (AvgIpc) is 2.33.